The molecule has 1 N–H and O–H groups in total. The fourth-order valence-corrected chi connectivity index (χ4v) is 5.73. The molecule has 5 heterocycles. The van der Waals surface area contributed by atoms with E-state index < -0.39 is 12.7 Å². The van der Waals surface area contributed by atoms with Crippen LogP contribution >= 0.6 is 0 Å². The maximum absolute atomic E-state index is 13.3. The first-order chi connectivity index (χ1) is 17.4. The minimum absolute atomic E-state index is 0.000689. The van der Waals surface area contributed by atoms with Crippen LogP contribution in [0.5, 0.6) is 5.75 Å². The van der Waals surface area contributed by atoms with Crippen molar-refractivity contribution in [2.45, 2.75) is 31.7 Å². The van der Waals surface area contributed by atoms with E-state index in [0.717, 1.165) is 27.7 Å². The Kier molecular flexibility index (Phi) is 4.27. The van der Waals surface area contributed by atoms with Crippen LogP contribution in [-0.4, -0.2) is 44.9 Å². The fraction of sp³-hybridized carbons (Fsp3) is 0.231. The Morgan fingerprint density at radius 3 is 2.81 bits per heavy atom. The van der Waals surface area contributed by atoms with E-state index in [-0.39, 0.29) is 23.6 Å². The molecule has 3 aliphatic rings. The minimum Gasteiger partial charge on any atom is -0.434 e. The topological polar surface area (TPSA) is 89.4 Å². The minimum atomic E-state index is -3.01. The molecule has 3 aliphatic heterocycles. The fourth-order valence-electron chi connectivity index (χ4n) is 5.73. The quantitative estimate of drug-likeness (QED) is 0.471. The lowest BCUT2D eigenvalue weighted by Gasteiger charge is -2.24. The normalized spacial score (nSPS) is 19.8. The highest BCUT2D eigenvalue weighted by Gasteiger charge is 2.45. The van der Waals surface area contributed by atoms with E-state index in [1.54, 1.807) is 30.3 Å². The van der Waals surface area contributed by atoms with Crippen molar-refractivity contribution in [3.8, 4) is 16.9 Å². The molecule has 0 radical (unpaired) electrons. The molecule has 4 aromatic rings. The molecule has 0 fully saturated rings. The Morgan fingerprint density at radius 2 is 1.97 bits per heavy atom. The molecule has 2 aromatic carbocycles. The van der Waals surface area contributed by atoms with Crippen LogP contribution in [0.1, 0.15) is 56.3 Å². The van der Waals surface area contributed by atoms with E-state index in [1.807, 2.05) is 28.8 Å². The van der Waals surface area contributed by atoms with Crippen LogP contribution in [0.4, 0.5) is 8.78 Å². The number of ether oxygens (including phenoxy) is 1. The van der Waals surface area contributed by atoms with Crippen molar-refractivity contribution in [1.29, 1.82) is 0 Å². The summed E-state index contributed by atoms with van der Waals surface area (Å²) in [6.45, 7) is -2.57. The first kappa shape index (κ1) is 21.0. The van der Waals surface area contributed by atoms with Crippen LogP contribution in [0.25, 0.3) is 22.2 Å². The molecule has 10 heteroatoms. The number of rotatable bonds is 3. The van der Waals surface area contributed by atoms with Gasteiger partial charge in [0.05, 0.1) is 23.1 Å². The van der Waals surface area contributed by atoms with Crippen LogP contribution < -0.4 is 10.1 Å². The van der Waals surface area contributed by atoms with Gasteiger partial charge in [0.1, 0.15) is 17.3 Å². The van der Waals surface area contributed by atoms with Crippen molar-refractivity contribution in [2.24, 2.45) is 0 Å². The maximum Gasteiger partial charge on any atom is 0.387 e. The lowest BCUT2D eigenvalue weighted by atomic mass is 9.97. The zero-order valence-corrected chi connectivity index (χ0v) is 19.0. The number of hydrogen-bond donors (Lipinski definition) is 1. The SMILES string of the molecule is CN1C(=O)c2cccc(OC(F)F)c2[C@H]2C[C@@H]1c1nc3ccc(-c4cnc5c(c4)CNC5=O)cc3n12. The number of amides is 2. The van der Waals surface area contributed by atoms with Crippen LogP contribution in [-0.2, 0) is 6.54 Å². The summed E-state index contributed by atoms with van der Waals surface area (Å²) in [6, 6.07) is 11.8. The number of hydrogen-bond acceptors (Lipinski definition) is 5. The molecule has 0 aliphatic carbocycles. The number of halogens is 2. The number of nitrogens with zero attached hydrogens (tertiary/aromatic N) is 4. The zero-order chi connectivity index (χ0) is 24.7. The monoisotopic (exact) mass is 487 g/mol. The number of carbonyl (C=O) groups excluding carboxylic acids is 2. The van der Waals surface area contributed by atoms with Crippen LogP contribution in [0.3, 0.4) is 0 Å². The summed E-state index contributed by atoms with van der Waals surface area (Å²) in [5.74, 6) is 0.287. The Balaban J connectivity index is 1.42. The molecule has 2 aromatic heterocycles. The molecule has 2 bridgehead atoms. The second-order valence-corrected chi connectivity index (χ2v) is 9.24. The Morgan fingerprint density at radius 1 is 1.11 bits per heavy atom. The van der Waals surface area contributed by atoms with Crippen LogP contribution in [0.15, 0.2) is 48.7 Å². The third-order valence-corrected chi connectivity index (χ3v) is 7.36. The van der Waals surface area contributed by atoms with Gasteiger partial charge in [-0.05, 0) is 35.9 Å². The first-order valence-corrected chi connectivity index (χ1v) is 11.5. The van der Waals surface area contributed by atoms with Gasteiger partial charge in [-0.3, -0.25) is 14.6 Å². The van der Waals surface area contributed by atoms with Gasteiger partial charge in [-0.25, -0.2) is 4.98 Å². The van der Waals surface area contributed by atoms with Crippen molar-refractivity contribution in [3.63, 3.8) is 0 Å². The van der Waals surface area contributed by atoms with Crippen LogP contribution in [0, 0.1) is 0 Å². The van der Waals surface area contributed by atoms with E-state index >= 15 is 0 Å². The number of fused-ring (bicyclic) bond motifs is 10. The molecular weight excluding hydrogens is 468 g/mol. The second-order valence-electron chi connectivity index (χ2n) is 9.24. The van der Waals surface area contributed by atoms with Gasteiger partial charge in [-0.15, -0.1) is 0 Å². The largest absolute Gasteiger partial charge is 0.434 e. The predicted molar refractivity (Wildman–Crippen MR) is 125 cm³/mol. The first-order valence-electron chi connectivity index (χ1n) is 11.5. The van der Waals surface area contributed by atoms with Gasteiger partial charge in [0, 0.05) is 48.5 Å². The number of alkyl halides is 2. The summed E-state index contributed by atoms with van der Waals surface area (Å²) < 4.78 is 33.5. The van der Waals surface area contributed by atoms with Crippen molar-refractivity contribution in [2.75, 3.05) is 7.05 Å². The molecule has 2 atom stereocenters. The highest BCUT2D eigenvalue weighted by Crippen LogP contribution is 2.50. The zero-order valence-electron chi connectivity index (χ0n) is 19.0. The smallest absolute Gasteiger partial charge is 0.387 e. The van der Waals surface area contributed by atoms with Crippen molar-refractivity contribution in [3.05, 3.63) is 76.9 Å². The van der Waals surface area contributed by atoms with E-state index in [4.69, 9.17) is 9.72 Å². The molecule has 8 nitrogen and oxygen atoms in total. The summed E-state index contributed by atoms with van der Waals surface area (Å²) in [7, 11) is 1.71. The molecule has 0 unspecified atom stereocenters. The second kappa shape index (κ2) is 7.33. The molecule has 180 valence electrons. The van der Waals surface area contributed by atoms with Gasteiger partial charge in [-0.1, -0.05) is 12.1 Å². The summed E-state index contributed by atoms with van der Waals surface area (Å²) in [6.07, 6.45) is 2.18. The van der Waals surface area contributed by atoms with Gasteiger partial charge >= 0.3 is 6.61 Å². The molecule has 0 saturated heterocycles. The number of benzene rings is 2. The molecule has 0 spiro atoms. The summed E-state index contributed by atoms with van der Waals surface area (Å²) >= 11 is 0. The lowest BCUT2D eigenvalue weighted by molar-refractivity contribution is -0.0507. The van der Waals surface area contributed by atoms with Gasteiger partial charge in [0.15, 0.2) is 0 Å². The highest BCUT2D eigenvalue weighted by atomic mass is 19.3. The van der Waals surface area contributed by atoms with Crippen molar-refractivity contribution < 1.29 is 23.1 Å². The molecule has 7 rings (SSSR count). The molecule has 36 heavy (non-hydrogen) atoms. The van der Waals surface area contributed by atoms with Crippen LogP contribution in [0.2, 0.25) is 0 Å². The van der Waals surface area contributed by atoms with Gasteiger partial charge in [0.25, 0.3) is 11.8 Å². The van der Waals surface area contributed by atoms with Crippen molar-refractivity contribution in [1.82, 2.24) is 24.8 Å². The number of aromatic nitrogens is 3. The van der Waals surface area contributed by atoms with Gasteiger partial charge in [0.2, 0.25) is 0 Å². The molecule has 0 saturated carbocycles. The van der Waals surface area contributed by atoms with Gasteiger partial charge < -0.3 is 19.5 Å². The lowest BCUT2D eigenvalue weighted by Crippen LogP contribution is -2.30. The Hall–Kier alpha value is -4.34. The summed E-state index contributed by atoms with van der Waals surface area (Å²) in [5.41, 5.74) is 5.39. The number of imidazole rings is 1. The standard InChI is InChI=1S/C26H19F2N5O3/c1-32-19-9-18(21-15(25(32)35)3-2-4-20(21)36-26(27)28)33-17-8-12(5-6-16(17)31-23(19)33)13-7-14-11-30-24(34)22(14)29-10-13/h2-8,10,18-19,26H,9,11H2,1H3,(H,30,34)/t18-,19-/m1/s1. The summed E-state index contributed by atoms with van der Waals surface area (Å²) in [5, 5.41) is 2.78. The van der Waals surface area contributed by atoms with Gasteiger partial charge in [-0.2, -0.15) is 8.78 Å². The maximum atomic E-state index is 13.3. The summed E-state index contributed by atoms with van der Waals surface area (Å²) in [4.78, 5) is 36.0. The van der Waals surface area contributed by atoms with E-state index in [0.29, 0.717) is 35.6 Å². The van der Waals surface area contributed by atoms with E-state index in [1.165, 1.54) is 6.07 Å². The van der Waals surface area contributed by atoms with Crippen molar-refractivity contribution >= 4 is 22.8 Å². The number of pyridine rings is 1. The Labute approximate surface area is 203 Å². The number of carbonyl (C=O) groups is 2. The number of nitrogens with one attached hydrogen (secondary N) is 1. The molecule has 2 amide bonds. The Bertz CT molecular complexity index is 1610. The average Bonchev–Trinajstić information content (AvgIpc) is 3.52. The highest BCUT2D eigenvalue weighted by molar-refractivity contribution is 5.98. The van der Waals surface area contributed by atoms with E-state index in [9.17, 15) is 18.4 Å². The third-order valence-electron chi connectivity index (χ3n) is 7.36. The molecular formula is C26H19F2N5O3. The third kappa shape index (κ3) is 2.84. The average molecular weight is 487 g/mol. The predicted octanol–water partition coefficient (Wildman–Crippen LogP) is 4.06. The van der Waals surface area contributed by atoms with E-state index in [2.05, 4.69) is 10.3 Å².